The number of thiazole rings is 1. The van der Waals surface area contributed by atoms with Crippen LogP contribution in [0.2, 0.25) is 0 Å². The van der Waals surface area contributed by atoms with Gasteiger partial charge in [0.25, 0.3) is 11.5 Å². The van der Waals surface area contributed by atoms with Gasteiger partial charge in [0, 0.05) is 15.8 Å². The number of amides is 1. The largest absolute Gasteiger partial charge is 0.349 e. The number of aryl methyl sites for hydroxylation is 3. The SMILES string of the molecule is Cc1ccc(C)c(-n2c(=O)/c(=C/c3ccc(C)s3)s/c2=C(\C#N)C(=O)NC2CC2)c1. The van der Waals surface area contributed by atoms with Crippen molar-refractivity contribution in [1.82, 2.24) is 9.88 Å². The molecule has 152 valence electrons. The van der Waals surface area contributed by atoms with Gasteiger partial charge in [-0.1, -0.05) is 12.1 Å². The smallest absolute Gasteiger partial charge is 0.273 e. The van der Waals surface area contributed by atoms with Crippen LogP contribution in [0.5, 0.6) is 0 Å². The maximum atomic E-state index is 13.4. The van der Waals surface area contributed by atoms with Crippen molar-refractivity contribution in [1.29, 1.82) is 5.26 Å². The number of rotatable bonds is 4. The monoisotopic (exact) mass is 435 g/mol. The molecule has 1 N–H and O–H groups in total. The highest BCUT2D eigenvalue weighted by molar-refractivity contribution is 7.13. The molecular formula is C23H21N3O2S2. The summed E-state index contributed by atoms with van der Waals surface area (Å²) in [5.74, 6) is -0.418. The highest BCUT2D eigenvalue weighted by Gasteiger charge is 2.26. The van der Waals surface area contributed by atoms with Crippen molar-refractivity contribution in [3.8, 4) is 11.8 Å². The van der Waals surface area contributed by atoms with Crippen LogP contribution in [-0.2, 0) is 4.79 Å². The highest BCUT2D eigenvalue weighted by Crippen LogP contribution is 2.19. The number of nitrogens with one attached hydrogen (secondary N) is 1. The maximum absolute atomic E-state index is 13.4. The Balaban J connectivity index is 2.04. The maximum Gasteiger partial charge on any atom is 0.273 e. The lowest BCUT2D eigenvalue weighted by atomic mass is 10.1. The summed E-state index contributed by atoms with van der Waals surface area (Å²) in [6.07, 6.45) is 3.69. The summed E-state index contributed by atoms with van der Waals surface area (Å²) in [4.78, 5) is 28.3. The lowest BCUT2D eigenvalue weighted by Gasteiger charge is -2.09. The highest BCUT2D eigenvalue weighted by atomic mass is 32.1. The van der Waals surface area contributed by atoms with Gasteiger partial charge in [-0.2, -0.15) is 5.26 Å². The molecule has 0 bridgehead atoms. The van der Waals surface area contributed by atoms with Crippen LogP contribution in [0.15, 0.2) is 35.1 Å². The second kappa shape index (κ2) is 8.05. The van der Waals surface area contributed by atoms with Crippen LogP contribution < -0.4 is 20.1 Å². The number of nitriles is 1. The van der Waals surface area contributed by atoms with Gasteiger partial charge in [-0.15, -0.1) is 22.7 Å². The molecule has 4 rings (SSSR count). The standard InChI is InChI=1S/C23H21N3O2S2/c1-13-4-5-14(2)19(10-13)26-22(28)20(11-17-9-6-15(3)29-17)30-23(26)18(12-24)21(27)25-16-7-8-16/h4-6,9-11,16H,7-8H2,1-3H3,(H,25,27)/b20-11-,23-18+. The molecule has 2 heterocycles. The number of aromatic nitrogens is 1. The molecule has 0 spiro atoms. The van der Waals surface area contributed by atoms with Crippen LogP contribution in [0.4, 0.5) is 0 Å². The quantitative estimate of drug-likeness (QED) is 0.685. The minimum absolute atomic E-state index is 0.0214. The zero-order valence-corrected chi connectivity index (χ0v) is 18.6. The van der Waals surface area contributed by atoms with Gasteiger partial charge in [-0.05, 0) is 69.0 Å². The van der Waals surface area contributed by atoms with E-state index in [2.05, 4.69) is 5.32 Å². The molecule has 0 saturated heterocycles. The van der Waals surface area contributed by atoms with Crippen molar-refractivity contribution in [3.05, 3.63) is 70.8 Å². The molecule has 3 aromatic rings. The van der Waals surface area contributed by atoms with E-state index in [-0.39, 0.29) is 17.2 Å². The third-order valence-electron chi connectivity index (χ3n) is 4.93. The first-order valence-corrected chi connectivity index (χ1v) is 11.3. The van der Waals surface area contributed by atoms with Gasteiger partial charge in [-0.25, -0.2) is 0 Å². The van der Waals surface area contributed by atoms with E-state index in [9.17, 15) is 14.9 Å². The Morgan fingerprint density at radius 1 is 1.20 bits per heavy atom. The summed E-state index contributed by atoms with van der Waals surface area (Å²) in [6, 6.07) is 12.0. The lowest BCUT2D eigenvalue weighted by molar-refractivity contribution is -0.115. The van der Waals surface area contributed by atoms with Gasteiger partial charge in [0.05, 0.1) is 10.2 Å². The predicted molar refractivity (Wildman–Crippen MR) is 121 cm³/mol. The average Bonchev–Trinajstić information content (AvgIpc) is 3.34. The Morgan fingerprint density at radius 2 is 1.97 bits per heavy atom. The number of carbonyl (C=O) groups excluding carboxylic acids is 1. The van der Waals surface area contributed by atoms with E-state index in [1.807, 2.05) is 63.2 Å². The Bertz CT molecular complexity index is 1360. The molecule has 30 heavy (non-hydrogen) atoms. The molecule has 0 atom stereocenters. The molecule has 7 heteroatoms. The van der Waals surface area contributed by atoms with Gasteiger partial charge < -0.3 is 5.32 Å². The number of nitrogens with zero attached hydrogens (tertiary/aromatic N) is 2. The van der Waals surface area contributed by atoms with E-state index >= 15 is 0 Å². The van der Waals surface area contributed by atoms with Crippen LogP contribution in [0.1, 0.15) is 33.7 Å². The van der Waals surface area contributed by atoms with Crippen LogP contribution in [0, 0.1) is 32.1 Å². The fraction of sp³-hybridized carbons (Fsp3) is 0.261. The molecule has 5 nitrogen and oxygen atoms in total. The Hall–Kier alpha value is -2.95. The second-order valence-electron chi connectivity index (χ2n) is 7.53. The first-order valence-electron chi connectivity index (χ1n) is 9.70. The normalized spacial score (nSPS) is 15.1. The van der Waals surface area contributed by atoms with Crippen molar-refractivity contribution < 1.29 is 4.79 Å². The molecule has 1 aromatic carbocycles. The summed E-state index contributed by atoms with van der Waals surface area (Å²) < 4.78 is 2.39. The number of thiophene rings is 1. The van der Waals surface area contributed by atoms with Crippen LogP contribution in [0.3, 0.4) is 0 Å². The zero-order valence-electron chi connectivity index (χ0n) is 17.0. The lowest BCUT2D eigenvalue weighted by Crippen LogP contribution is -2.34. The fourth-order valence-electron chi connectivity index (χ4n) is 3.17. The van der Waals surface area contributed by atoms with Crippen molar-refractivity contribution in [2.45, 2.75) is 39.7 Å². The van der Waals surface area contributed by atoms with Crippen molar-refractivity contribution in [2.24, 2.45) is 0 Å². The number of benzene rings is 1. The van der Waals surface area contributed by atoms with E-state index in [0.29, 0.717) is 14.9 Å². The third-order valence-corrected chi connectivity index (χ3v) is 6.97. The topological polar surface area (TPSA) is 74.9 Å². The summed E-state index contributed by atoms with van der Waals surface area (Å²) in [5.41, 5.74) is 2.36. The second-order valence-corrected chi connectivity index (χ2v) is 9.88. The average molecular weight is 436 g/mol. The molecule has 1 amide bonds. The van der Waals surface area contributed by atoms with Crippen molar-refractivity contribution in [3.63, 3.8) is 0 Å². The van der Waals surface area contributed by atoms with Crippen LogP contribution >= 0.6 is 22.7 Å². The minimum Gasteiger partial charge on any atom is -0.349 e. The van der Waals surface area contributed by atoms with E-state index in [4.69, 9.17) is 0 Å². The minimum atomic E-state index is -0.418. The summed E-state index contributed by atoms with van der Waals surface area (Å²) in [5, 5.41) is 12.7. The Labute approximate surface area is 182 Å². The molecule has 2 aromatic heterocycles. The van der Waals surface area contributed by atoms with Crippen LogP contribution in [0.25, 0.3) is 17.3 Å². The molecule has 0 unspecified atom stereocenters. The van der Waals surface area contributed by atoms with E-state index in [1.165, 1.54) is 15.9 Å². The number of carbonyl (C=O) groups is 1. The number of hydrogen-bond donors (Lipinski definition) is 1. The van der Waals surface area contributed by atoms with Crippen molar-refractivity contribution >= 4 is 40.2 Å². The Morgan fingerprint density at radius 3 is 2.60 bits per heavy atom. The molecule has 1 fully saturated rings. The zero-order chi connectivity index (χ0) is 21.4. The summed E-state index contributed by atoms with van der Waals surface area (Å²) >= 11 is 2.79. The molecular weight excluding hydrogens is 414 g/mol. The van der Waals surface area contributed by atoms with E-state index in [0.717, 1.165) is 33.7 Å². The van der Waals surface area contributed by atoms with Gasteiger partial charge in [0.2, 0.25) is 0 Å². The van der Waals surface area contributed by atoms with E-state index < -0.39 is 5.91 Å². The first-order chi connectivity index (χ1) is 14.4. The predicted octanol–water partition coefficient (Wildman–Crippen LogP) is 2.67. The van der Waals surface area contributed by atoms with Crippen molar-refractivity contribution in [2.75, 3.05) is 0 Å². The Kier molecular flexibility index (Phi) is 5.46. The molecule has 1 saturated carbocycles. The van der Waals surface area contributed by atoms with Gasteiger partial charge in [0.1, 0.15) is 10.7 Å². The molecule has 0 radical (unpaired) electrons. The first kappa shape index (κ1) is 20.3. The van der Waals surface area contributed by atoms with Gasteiger partial charge in [-0.3, -0.25) is 14.2 Å². The molecule has 1 aliphatic carbocycles. The summed E-state index contributed by atoms with van der Waals surface area (Å²) in [7, 11) is 0. The summed E-state index contributed by atoms with van der Waals surface area (Å²) in [6.45, 7) is 5.89. The van der Waals surface area contributed by atoms with E-state index in [1.54, 1.807) is 11.3 Å². The number of hydrogen-bond acceptors (Lipinski definition) is 5. The van der Waals surface area contributed by atoms with Gasteiger partial charge in [0.15, 0.2) is 5.57 Å². The van der Waals surface area contributed by atoms with Gasteiger partial charge >= 0.3 is 0 Å². The molecule has 0 aliphatic heterocycles. The fourth-order valence-corrected chi connectivity index (χ4v) is 5.15. The van der Waals surface area contributed by atoms with Crippen LogP contribution in [-0.4, -0.2) is 16.5 Å². The third kappa shape index (κ3) is 4.02. The molecule has 1 aliphatic rings.